The zero-order valence-corrected chi connectivity index (χ0v) is 14.3. The van der Waals surface area contributed by atoms with Crippen molar-refractivity contribution in [3.63, 3.8) is 0 Å². The lowest BCUT2D eigenvalue weighted by Crippen LogP contribution is -2.02. The highest BCUT2D eigenvalue weighted by molar-refractivity contribution is 5.71. The summed E-state index contributed by atoms with van der Waals surface area (Å²) in [4.78, 5) is 4.88. The Balaban J connectivity index is 0.000000461. The summed E-state index contributed by atoms with van der Waals surface area (Å²) in [5.74, 6) is 0. The largest absolute Gasteiger partial charge is 0.257 e. The van der Waals surface area contributed by atoms with E-state index in [4.69, 9.17) is 4.98 Å². The molecule has 0 saturated heterocycles. The van der Waals surface area contributed by atoms with Gasteiger partial charge in [-0.25, -0.2) is 0 Å². The molecule has 1 heteroatoms. The molecule has 0 fully saturated rings. The Morgan fingerprint density at radius 2 is 1.30 bits per heavy atom. The number of fused-ring (bicyclic) bond motifs is 2. The molecule has 1 aromatic heterocycles. The first-order valence-electron chi connectivity index (χ1n) is 8.48. The first kappa shape index (κ1) is 16.9. The fourth-order valence-electron chi connectivity index (χ4n) is 3.21. The summed E-state index contributed by atoms with van der Waals surface area (Å²) >= 11 is 0. The zero-order valence-electron chi connectivity index (χ0n) is 14.3. The minimum absolute atomic E-state index is 1.20. The number of rotatable bonds is 1. The third-order valence-electron chi connectivity index (χ3n) is 4.08. The summed E-state index contributed by atoms with van der Waals surface area (Å²) in [6, 6.07) is 0. The van der Waals surface area contributed by atoms with Crippen LogP contribution in [0.4, 0.5) is 0 Å². The predicted octanol–water partition coefficient (Wildman–Crippen LogP) is 5.53. The second-order valence-electron chi connectivity index (χ2n) is 5.02. The van der Waals surface area contributed by atoms with Crippen molar-refractivity contribution in [1.29, 1.82) is 0 Å². The van der Waals surface area contributed by atoms with Crippen LogP contribution in [-0.4, -0.2) is 4.98 Å². The molecule has 0 aliphatic heterocycles. The molecule has 0 spiro atoms. The van der Waals surface area contributed by atoms with E-state index in [1.165, 1.54) is 55.5 Å². The van der Waals surface area contributed by atoms with Crippen LogP contribution in [0, 0.1) is 0 Å². The summed E-state index contributed by atoms with van der Waals surface area (Å²) in [6.45, 7) is 12.4. The van der Waals surface area contributed by atoms with Gasteiger partial charge in [-0.05, 0) is 74.6 Å². The van der Waals surface area contributed by atoms with Gasteiger partial charge in [-0.3, -0.25) is 4.98 Å². The fourth-order valence-corrected chi connectivity index (χ4v) is 3.21. The molecule has 20 heavy (non-hydrogen) atoms. The van der Waals surface area contributed by atoms with Crippen LogP contribution < -0.4 is 0 Å². The maximum Gasteiger partial charge on any atom is 0.0445 e. The minimum atomic E-state index is 1.20. The molecule has 2 aliphatic carbocycles. The highest BCUT2D eigenvalue weighted by Crippen LogP contribution is 2.36. The number of nitrogens with zero attached hydrogens (tertiary/aromatic N) is 1. The number of hydrogen-bond donors (Lipinski definition) is 0. The maximum absolute atomic E-state index is 4.88. The summed E-state index contributed by atoms with van der Waals surface area (Å²) in [6.07, 6.45) is 9.75. The van der Waals surface area contributed by atoms with Crippen LogP contribution in [0.25, 0.3) is 5.57 Å². The third kappa shape index (κ3) is 3.13. The van der Waals surface area contributed by atoms with Gasteiger partial charge in [-0.15, -0.1) is 0 Å². The first-order valence-corrected chi connectivity index (χ1v) is 8.48. The van der Waals surface area contributed by atoms with Crippen LogP contribution in [0.3, 0.4) is 0 Å². The average molecular weight is 273 g/mol. The molecule has 0 atom stereocenters. The maximum atomic E-state index is 4.88. The number of allylic oxidation sites excluding steroid dienone is 2. The standard InChI is InChI=1S/C15H19N.2C2H6/c1-3-10(2)15-11-6-4-8-13(11)16-14-9-5-7-12(14)15;2*1-2/h3H,4-9H2,1-2H3;2*1-2H3/b10-3-;;. The molecule has 0 N–H and O–H groups in total. The zero-order chi connectivity index (χ0) is 15.1. The molecule has 0 radical (unpaired) electrons. The Morgan fingerprint density at radius 1 is 0.850 bits per heavy atom. The lowest BCUT2D eigenvalue weighted by atomic mass is 9.94. The summed E-state index contributed by atoms with van der Waals surface area (Å²) in [5, 5.41) is 0. The average Bonchev–Trinajstić information content (AvgIpc) is 3.16. The van der Waals surface area contributed by atoms with Gasteiger partial charge >= 0.3 is 0 Å². The van der Waals surface area contributed by atoms with Crippen molar-refractivity contribution in [3.8, 4) is 0 Å². The topological polar surface area (TPSA) is 12.9 Å². The second-order valence-corrected chi connectivity index (χ2v) is 5.02. The van der Waals surface area contributed by atoms with Gasteiger partial charge in [0.05, 0.1) is 0 Å². The molecule has 0 amide bonds. The number of pyridine rings is 1. The Kier molecular flexibility index (Phi) is 6.98. The van der Waals surface area contributed by atoms with Crippen LogP contribution in [0.5, 0.6) is 0 Å². The summed E-state index contributed by atoms with van der Waals surface area (Å²) in [5.41, 5.74) is 8.96. The fraction of sp³-hybridized carbons (Fsp3) is 0.632. The normalized spacial score (nSPS) is 15.6. The monoisotopic (exact) mass is 273 g/mol. The minimum Gasteiger partial charge on any atom is -0.257 e. The van der Waals surface area contributed by atoms with Crippen molar-refractivity contribution in [3.05, 3.63) is 34.2 Å². The Morgan fingerprint density at radius 3 is 1.70 bits per heavy atom. The van der Waals surface area contributed by atoms with Crippen LogP contribution in [0.15, 0.2) is 6.08 Å². The van der Waals surface area contributed by atoms with Crippen LogP contribution >= 0.6 is 0 Å². The van der Waals surface area contributed by atoms with Crippen molar-refractivity contribution in [1.82, 2.24) is 4.98 Å². The molecule has 1 heterocycles. The molecule has 0 unspecified atom stereocenters. The predicted molar refractivity (Wildman–Crippen MR) is 90.3 cm³/mol. The van der Waals surface area contributed by atoms with E-state index < -0.39 is 0 Å². The van der Waals surface area contributed by atoms with Gasteiger partial charge < -0.3 is 0 Å². The Bertz CT molecular complexity index is 437. The van der Waals surface area contributed by atoms with Crippen molar-refractivity contribution in [2.45, 2.75) is 80.1 Å². The first-order chi connectivity index (χ1) is 9.81. The van der Waals surface area contributed by atoms with E-state index in [2.05, 4.69) is 19.9 Å². The van der Waals surface area contributed by atoms with Crippen LogP contribution in [0.2, 0.25) is 0 Å². The van der Waals surface area contributed by atoms with Gasteiger partial charge in [0.1, 0.15) is 0 Å². The van der Waals surface area contributed by atoms with E-state index in [-0.39, 0.29) is 0 Å². The number of aromatic nitrogens is 1. The van der Waals surface area contributed by atoms with Crippen molar-refractivity contribution >= 4 is 5.57 Å². The lowest BCUT2D eigenvalue weighted by Gasteiger charge is -2.14. The van der Waals surface area contributed by atoms with Gasteiger partial charge in [0.2, 0.25) is 0 Å². The van der Waals surface area contributed by atoms with E-state index in [1.807, 2.05) is 27.7 Å². The van der Waals surface area contributed by atoms with Crippen molar-refractivity contribution in [2.75, 3.05) is 0 Å². The van der Waals surface area contributed by atoms with Crippen LogP contribution in [0.1, 0.15) is 82.5 Å². The lowest BCUT2D eigenvalue weighted by molar-refractivity contribution is 0.872. The summed E-state index contributed by atoms with van der Waals surface area (Å²) < 4.78 is 0. The summed E-state index contributed by atoms with van der Waals surface area (Å²) in [7, 11) is 0. The SMILES string of the molecule is C/C=C(/C)c1c2c(nc3c1CCC3)CCC2.CC.CC. The van der Waals surface area contributed by atoms with Crippen LogP contribution in [-0.2, 0) is 25.7 Å². The Labute approximate surface area is 125 Å². The second kappa shape index (κ2) is 8.24. The van der Waals surface area contributed by atoms with E-state index in [9.17, 15) is 0 Å². The smallest absolute Gasteiger partial charge is 0.0445 e. The molecule has 0 saturated carbocycles. The Hall–Kier alpha value is -1.11. The van der Waals surface area contributed by atoms with Crippen molar-refractivity contribution < 1.29 is 0 Å². The third-order valence-corrected chi connectivity index (χ3v) is 4.08. The molecule has 1 nitrogen and oxygen atoms in total. The van der Waals surface area contributed by atoms with Gasteiger partial charge in [-0.1, -0.05) is 33.8 Å². The molecule has 1 aromatic rings. The molecule has 2 aliphatic rings. The van der Waals surface area contributed by atoms with E-state index in [0.29, 0.717) is 0 Å². The highest BCUT2D eigenvalue weighted by Gasteiger charge is 2.25. The van der Waals surface area contributed by atoms with E-state index >= 15 is 0 Å². The molecular formula is C19H31N. The quantitative estimate of drug-likeness (QED) is 0.655. The number of hydrogen-bond acceptors (Lipinski definition) is 1. The molecular weight excluding hydrogens is 242 g/mol. The van der Waals surface area contributed by atoms with Gasteiger partial charge in [0, 0.05) is 11.4 Å². The van der Waals surface area contributed by atoms with E-state index in [1.54, 1.807) is 16.7 Å². The molecule has 3 rings (SSSR count). The molecule has 0 bridgehead atoms. The van der Waals surface area contributed by atoms with Crippen molar-refractivity contribution in [2.24, 2.45) is 0 Å². The molecule has 112 valence electrons. The van der Waals surface area contributed by atoms with E-state index in [0.717, 1.165) is 0 Å². The molecule has 0 aromatic carbocycles. The van der Waals surface area contributed by atoms with Gasteiger partial charge in [0.25, 0.3) is 0 Å². The van der Waals surface area contributed by atoms with Gasteiger partial charge in [0.15, 0.2) is 0 Å². The highest BCUT2D eigenvalue weighted by atomic mass is 14.7. The van der Waals surface area contributed by atoms with Gasteiger partial charge in [-0.2, -0.15) is 0 Å². The number of aryl methyl sites for hydroxylation is 2.